The summed E-state index contributed by atoms with van der Waals surface area (Å²) in [5, 5.41) is 7.41. The maximum atomic E-state index is 7.41. The smallest absolute Gasteiger partial charge is 0.205 e. The van der Waals surface area contributed by atoms with Gasteiger partial charge in [-0.3, -0.25) is 5.41 Å². The first kappa shape index (κ1) is 13.9. The lowest BCUT2D eigenvalue weighted by atomic mass is 10.1. The van der Waals surface area contributed by atoms with Crippen molar-refractivity contribution in [3.8, 4) is 11.4 Å². The highest BCUT2D eigenvalue weighted by Gasteiger charge is 2.06. The Hall–Kier alpha value is -2.56. The van der Waals surface area contributed by atoms with E-state index in [1.54, 1.807) is 25.6 Å². The predicted octanol–water partition coefficient (Wildman–Crippen LogP) is 2.83. The third kappa shape index (κ3) is 3.06. The Kier molecular flexibility index (Phi) is 4.20. The van der Waals surface area contributed by atoms with Crippen molar-refractivity contribution in [1.29, 1.82) is 5.41 Å². The van der Waals surface area contributed by atoms with Crippen LogP contribution < -0.4 is 4.74 Å². The van der Waals surface area contributed by atoms with E-state index in [1.165, 1.54) is 7.11 Å². The molecule has 0 amide bonds. The van der Waals surface area contributed by atoms with E-state index in [2.05, 4.69) is 4.98 Å². The second kappa shape index (κ2) is 6.06. The molecule has 1 aromatic carbocycles. The van der Waals surface area contributed by atoms with Gasteiger partial charge in [0.25, 0.3) is 0 Å². The topological polar surface area (TPSA) is 60.1 Å². The molecule has 0 radical (unpaired) electrons. The van der Waals surface area contributed by atoms with Crippen molar-refractivity contribution in [2.24, 2.45) is 0 Å². The fourth-order valence-electron chi connectivity index (χ4n) is 1.80. The maximum absolute atomic E-state index is 7.41. The molecular formula is C15H17N3O2. The molecule has 0 aliphatic heterocycles. The molecule has 1 N–H and O–H groups in total. The van der Waals surface area contributed by atoms with Gasteiger partial charge in [0.1, 0.15) is 5.75 Å². The number of methoxy groups -OCH3 is 2. The summed E-state index contributed by atoms with van der Waals surface area (Å²) < 4.78 is 12.1. The fraction of sp³-hybridized carbons (Fsp3) is 0.200. The van der Waals surface area contributed by atoms with Crippen molar-refractivity contribution in [3.05, 3.63) is 48.1 Å². The third-order valence-corrected chi connectivity index (χ3v) is 2.84. The van der Waals surface area contributed by atoms with E-state index >= 15 is 0 Å². The SMILES string of the molecule is COC(=N)/C=C/c1ccc(-n2cnc(C)c2)c(OC)c1. The summed E-state index contributed by atoms with van der Waals surface area (Å²) in [6.45, 7) is 1.94. The number of benzene rings is 1. The Balaban J connectivity index is 2.33. The minimum Gasteiger partial charge on any atom is -0.495 e. The van der Waals surface area contributed by atoms with Crippen LogP contribution in [0.3, 0.4) is 0 Å². The number of aryl methyl sites for hydroxylation is 1. The minimum atomic E-state index is 0.110. The average Bonchev–Trinajstić information content (AvgIpc) is 2.90. The number of aromatic nitrogens is 2. The molecule has 5 nitrogen and oxygen atoms in total. The summed E-state index contributed by atoms with van der Waals surface area (Å²) in [7, 11) is 3.10. The quantitative estimate of drug-likeness (QED) is 0.687. The number of ether oxygens (including phenoxy) is 2. The predicted molar refractivity (Wildman–Crippen MR) is 78.6 cm³/mol. The van der Waals surface area contributed by atoms with Gasteiger partial charge >= 0.3 is 0 Å². The molecule has 0 atom stereocenters. The molecule has 0 fully saturated rings. The molecule has 0 bridgehead atoms. The molecule has 0 aliphatic rings. The number of hydrogen-bond donors (Lipinski definition) is 1. The molecule has 1 heterocycles. The number of nitrogens with one attached hydrogen (secondary N) is 1. The van der Waals surface area contributed by atoms with E-state index in [0.717, 1.165) is 22.7 Å². The Morgan fingerprint density at radius 3 is 2.75 bits per heavy atom. The Bertz CT molecular complexity index is 644. The molecule has 1 aromatic heterocycles. The zero-order valence-corrected chi connectivity index (χ0v) is 11.8. The Labute approximate surface area is 118 Å². The van der Waals surface area contributed by atoms with Gasteiger partial charge in [-0.2, -0.15) is 0 Å². The van der Waals surface area contributed by atoms with Gasteiger partial charge in [0.05, 0.1) is 31.9 Å². The van der Waals surface area contributed by atoms with Gasteiger partial charge in [0, 0.05) is 12.3 Å². The Morgan fingerprint density at radius 2 is 2.15 bits per heavy atom. The van der Waals surface area contributed by atoms with Crippen LogP contribution in [0.15, 0.2) is 36.8 Å². The lowest BCUT2D eigenvalue weighted by Crippen LogP contribution is -1.96. The van der Waals surface area contributed by atoms with Crippen LogP contribution in [0.5, 0.6) is 5.75 Å². The van der Waals surface area contributed by atoms with Crippen LogP contribution in [0.25, 0.3) is 11.8 Å². The highest BCUT2D eigenvalue weighted by atomic mass is 16.5. The van der Waals surface area contributed by atoms with E-state index < -0.39 is 0 Å². The van der Waals surface area contributed by atoms with Crippen molar-refractivity contribution in [2.45, 2.75) is 6.92 Å². The average molecular weight is 271 g/mol. The van der Waals surface area contributed by atoms with E-state index in [0.29, 0.717) is 0 Å². The number of nitrogens with zero attached hydrogens (tertiary/aromatic N) is 2. The lowest BCUT2D eigenvalue weighted by Gasteiger charge is -2.09. The molecular weight excluding hydrogens is 254 g/mol. The van der Waals surface area contributed by atoms with Gasteiger partial charge in [0.2, 0.25) is 5.90 Å². The van der Waals surface area contributed by atoms with E-state index in [4.69, 9.17) is 14.9 Å². The van der Waals surface area contributed by atoms with Crippen LogP contribution in [0, 0.1) is 12.3 Å². The highest BCUT2D eigenvalue weighted by molar-refractivity contribution is 5.89. The molecule has 0 unspecified atom stereocenters. The summed E-state index contributed by atoms with van der Waals surface area (Å²) >= 11 is 0. The van der Waals surface area contributed by atoms with Crippen molar-refractivity contribution >= 4 is 12.0 Å². The normalized spacial score (nSPS) is 10.8. The lowest BCUT2D eigenvalue weighted by molar-refractivity contribution is 0.403. The van der Waals surface area contributed by atoms with E-state index in [9.17, 15) is 0 Å². The standard InChI is InChI=1S/C15H17N3O2/c1-11-9-18(10-17-11)13-6-4-12(8-14(13)19-2)5-7-15(16)20-3/h4-10,16H,1-3H3/b7-5+,16-15?. The Morgan fingerprint density at radius 1 is 1.35 bits per heavy atom. The zero-order chi connectivity index (χ0) is 14.5. The number of rotatable bonds is 4. The molecule has 0 saturated heterocycles. The number of imidazole rings is 1. The van der Waals surface area contributed by atoms with Gasteiger partial charge in [-0.1, -0.05) is 6.07 Å². The first-order chi connectivity index (χ1) is 9.63. The monoisotopic (exact) mass is 271 g/mol. The first-order valence-electron chi connectivity index (χ1n) is 6.13. The third-order valence-electron chi connectivity index (χ3n) is 2.84. The van der Waals surface area contributed by atoms with Crippen LogP contribution in [-0.4, -0.2) is 29.7 Å². The molecule has 104 valence electrons. The van der Waals surface area contributed by atoms with Gasteiger partial charge < -0.3 is 14.0 Å². The largest absolute Gasteiger partial charge is 0.495 e. The van der Waals surface area contributed by atoms with Crippen molar-refractivity contribution in [3.63, 3.8) is 0 Å². The van der Waals surface area contributed by atoms with Gasteiger partial charge in [-0.25, -0.2) is 4.98 Å². The zero-order valence-electron chi connectivity index (χ0n) is 11.8. The molecule has 2 aromatic rings. The van der Waals surface area contributed by atoms with Gasteiger partial charge in [-0.05, 0) is 30.7 Å². The van der Waals surface area contributed by atoms with Crippen LogP contribution in [0.1, 0.15) is 11.3 Å². The van der Waals surface area contributed by atoms with Crippen molar-refractivity contribution in [1.82, 2.24) is 9.55 Å². The summed E-state index contributed by atoms with van der Waals surface area (Å²) in [6, 6.07) is 5.81. The minimum absolute atomic E-state index is 0.110. The van der Waals surface area contributed by atoms with Crippen molar-refractivity contribution < 1.29 is 9.47 Å². The molecule has 2 rings (SSSR count). The molecule has 0 spiro atoms. The molecule has 0 aliphatic carbocycles. The van der Waals surface area contributed by atoms with Crippen LogP contribution in [0.2, 0.25) is 0 Å². The first-order valence-corrected chi connectivity index (χ1v) is 6.13. The number of hydrogen-bond acceptors (Lipinski definition) is 4. The second-order valence-electron chi connectivity index (χ2n) is 4.26. The molecule has 20 heavy (non-hydrogen) atoms. The highest BCUT2D eigenvalue weighted by Crippen LogP contribution is 2.25. The van der Waals surface area contributed by atoms with E-state index in [1.807, 2.05) is 35.9 Å². The van der Waals surface area contributed by atoms with Gasteiger partial charge in [-0.15, -0.1) is 0 Å². The van der Waals surface area contributed by atoms with Gasteiger partial charge in [0.15, 0.2) is 0 Å². The fourth-order valence-corrected chi connectivity index (χ4v) is 1.80. The molecule has 5 heteroatoms. The van der Waals surface area contributed by atoms with Crippen LogP contribution >= 0.6 is 0 Å². The maximum Gasteiger partial charge on any atom is 0.205 e. The van der Waals surface area contributed by atoms with Crippen LogP contribution in [-0.2, 0) is 4.74 Å². The second-order valence-corrected chi connectivity index (χ2v) is 4.26. The van der Waals surface area contributed by atoms with Crippen LogP contribution in [0.4, 0.5) is 0 Å². The summed E-state index contributed by atoms with van der Waals surface area (Å²) in [4.78, 5) is 4.21. The summed E-state index contributed by atoms with van der Waals surface area (Å²) in [5.74, 6) is 0.853. The van der Waals surface area contributed by atoms with E-state index in [-0.39, 0.29) is 5.90 Å². The summed E-state index contributed by atoms with van der Waals surface area (Å²) in [5.41, 5.74) is 2.81. The van der Waals surface area contributed by atoms with Crippen molar-refractivity contribution in [2.75, 3.05) is 14.2 Å². The molecule has 0 saturated carbocycles. The summed E-state index contributed by atoms with van der Waals surface area (Å²) in [6.07, 6.45) is 7.09.